The Bertz CT molecular complexity index is 833. The molecule has 1 aliphatic rings. The fraction of sp³-hybridized carbons (Fsp3) is 0.556. The molecule has 0 saturated carbocycles. The van der Waals surface area contributed by atoms with Crippen molar-refractivity contribution < 1.29 is 22.3 Å². The van der Waals surface area contributed by atoms with Gasteiger partial charge in [-0.15, -0.1) is 0 Å². The molecule has 1 aromatic carbocycles. The SMILES string of the molecule is COc1ccc(CS(=O)(=O)C(C)(C)[C@H](N)C(=O)N2CC[C@H](F)[C@@H]2C#N)cc1. The Balaban J connectivity index is 2.21. The molecular weight excluding hydrogens is 373 g/mol. The van der Waals surface area contributed by atoms with E-state index in [9.17, 15) is 17.6 Å². The number of likely N-dealkylation sites (tertiary alicyclic amines) is 1. The van der Waals surface area contributed by atoms with Gasteiger partial charge in [0.05, 0.1) is 23.7 Å². The van der Waals surface area contributed by atoms with E-state index < -0.39 is 38.7 Å². The Kier molecular flexibility index (Phi) is 6.12. The van der Waals surface area contributed by atoms with Gasteiger partial charge in [0.1, 0.15) is 18.0 Å². The van der Waals surface area contributed by atoms with Gasteiger partial charge >= 0.3 is 0 Å². The first-order valence-corrected chi connectivity index (χ1v) is 10.2. The van der Waals surface area contributed by atoms with Crippen LogP contribution in [0.4, 0.5) is 4.39 Å². The van der Waals surface area contributed by atoms with Gasteiger partial charge in [-0.1, -0.05) is 12.1 Å². The molecule has 148 valence electrons. The number of amides is 1. The van der Waals surface area contributed by atoms with Gasteiger partial charge < -0.3 is 15.4 Å². The van der Waals surface area contributed by atoms with Crippen LogP contribution in [0.1, 0.15) is 25.8 Å². The van der Waals surface area contributed by atoms with Crippen molar-refractivity contribution in [3.8, 4) is 11.8 Å². The molecule has 9 heteroatoms. The highest BCUT2D eigenvalue weighted by molar-refractivity contribution is 7.92. The van der Waals surface area contributed by atoms with E-state index in [0.29, 0.717) is 11.3 Å². The maximum absolute atomic E-state index is 13.8. The summed E-state index contributed by atoms with van der Waals surface area (Å²) in [6.45, 7) is 2.79. The molecule has 27 heavy (non-hydrogen) atoms. The van der Waals surface area contributed by atoms with E-state index in [1.54, 1.807) is 30.3 Å². The summed E-state index contributed by atoms with van der Waals surface area (Å²) >= 11 is 0. The molecule has 0 bridgehead atoms. The Hall–Kier alpha value is -2.18. The Labute approximate surface area is 158 Å². The zero-order valence-corrected chi connectivity index (χ0v) is 16.4. The third-order valence-electron chi connectivity index (χ3n) is 5.07. The molecule has 1 fully saturated rings. The van der Waals surface area contributed by atoms with E-state index in [0.717, 1.165) is 4.90 Å². The largest absolute Gasteiger partial charge is 0.497 e. The first-order valence-electron chi connectivity index (χ1n) is 8.50. The van der Waals surface area contributed by atoms with Gasteiger partial charge in [-0.25, -0.2) is 12.8 Å². The summed E-state index contributed by atoms with van der Waals surface area (Å²) in [7, 11) is -2.33. The highest BCUT2D eigenvalue weighted by Gasteiger charge is 2.48. The predicted octanol–water partition coefficient (Wildman–Crippen LogP) is 1.18. The monoisotopic (exact) mass is 397 g/mol. The number of nitrogens with zero attached hydrogens (tertiary/aromatic N) is 2. The van der Waals surface area contributed by atoms with E-state index >= 15 is 0 Å². The van der Waals surface area contributed by atoms with Crippen LogP contribution in [-0.4, -0.2) is 55.9 Å². The molecule has 0 spiro atoms. The van der Waals surface area contributed by atoms with E-state index in [2.05, 4.69) is 0 Å². The summed E-state index contributed by atoms with van der Waals surface area (Å²) in [5.74, 6) is -0.442. The Morgan fingerprint density at radius 3 is 2.56 bits per heavy atom. The van der Waals surface area contributed by atoms with E-state index in [1.807, 2.05) is 0 Å². The number of nitrogens with two attached hydrogens (primary N) is 1. The third-order valence-corrected chi connectivity index (χ3v) is 7.64. The number of alkyl halides is 1. The molecule has 1 aliphatic heterocycles. The first kappa shape index (κ1) is 21.1. The second-order valence-electron chi connectivity index (χ2n) is 7.10. The molecule has 0 aromatic heterocycles. The molecule has 3 atom stereocenters. The minimum atomic E-state index is -3.83. The molecule has 7 nitrogen and oxygen atoms in total. The minimum Gasteiger partial charge on any atom is -0.497 e. The standard InChI is InChI=1S/C18H24FN3O4S/c1-18(2,16(21)17(23)22-9-8-14(19)15(22)10-20)27(24,25)11-12-4-6-13(26-3)7-5-12/h4-7,14-16H,8-9,11,21H2,1-3H3/t14-,15-,16+/m0/s1. The summed E-state index contributed by atoms with van der Waals surface area (Å²) in [6, 6.07) is 5.65. The van der Waals surface area contributed by atoms with Gasteiger partial charge in [0.15, 0.2) is 15.9 Å². The molecule has 1 amide bonds. The maximum Gasteiger partial charge on any atom is 0.242 e. The van der Waals surface area contributed by atoms with Gasteiger partial charge in [-0.05, 0) is 38.0 Å². The third kappa shape index (κ3) is 4.06. The second-order valence-corrected chi connectivity index (χ2v) is 9.67. The lowest BCUT2D eigenvalue weighted by Gasteiger charge is -2.33. The molecule has 1 saturated heterocycles. The average molecular weight is 397 g/mol. The number of nitriles is 1. The number of methoxy groups -OCH3 is 1. The van der Waals surface area contributed by atoms with Crippen molar-refractivity contribution in [2.75, 3.05) is 13.7 Å². The zero-order valence-electron chi connectivity index (χ0n) is 15.6. The zero-order chi connectivity index (χ0) is 20.4. The van der Waals surface area contributed by atoms with Crippen LogP contribution >= 0.6 is 0 Å². The lowest BCUT2D eigenvalue weighted by Crippen LogP contribution is -2.59. The molecule has 1 heterocycles. The lowest BCUT2D eigenvalue weighted by atomic mass is 10.0. The van der Waals surface area contributed by atoms with E-state index in [-0.39, 0.29) is 18.7 Å². The van der Waals surface area contributed by atoms with Crippen molar-refractivity contribution in [2.24, 2.45) is 5.73 Å². The molecule has 0 aliphatic carbocycles. The van der Waals surface area contributed by atoms with Crippen LogP contribution in [0.15, 0.2) is 24.3 Å². The van der Waals surface area contributed by atoms with Crippen LogP contribution < -0.4 is 10.5 Å². The minimum absolute atomic E-state index is 0.0374. The van der Waals surface area contributed by atoms with Crippen LogP contribution in [0.2, 0.25) is 0 Å². The summed E-state index contributed by atoms with van der Waals surface area (Å²) < 4.78 is 43.1. The Morgan fingerprint density at radius 1 is 1.44 bits per heavy atom. The smallest absolute Gasteiger partial charge is 0.242 e. The average Bonchev–Trinajstić information content (AvgIpc) is 3.01. The van der Waals surface area contributed by atoms with Gasteiger partial charge in [0.2, 0.25) is 5.91 Å². The molecular formula is C18H24FN3O4S. The topological polar surface area (TPSA) is 113 Å². The molecule has 1 aromatic rings. The number of benzene rings is 1. The van der Waals surface area contributed by atoms with Crippen molar-refractivity contribution in [3.63, 3.8) is 0 Å². The van der Waals surface area contributed by atoms with Crippen LogP contribution in [0, 0.1) is 11.3 Å². The number of ether oxygens (including phenoxy) is 1. The predicted molar refractivity (Wildman–Crippen MR) is 98.3 cm³/mol. The van der Waals surface area contributed by atoms with Crippen LogP contribution in [0.25, 0.3) is 0 Å². The highest BCUT2D eigenvalue weighted by Crippen LogP contribution is 2.29. The number of hydrogen-bond donors (Lipinski definition) is 1. The number of carbonyl (C=O) groups excluding carboxylic acids is 1. The van der Waals surface area contributed by atoms with E-state index in [1.165, 1.54) is 21.0 Å². The second kappa shape index (κ2) is 7.82. The van der Waals surface area contributed by atoms with Gasteiger partial charge in [0.25, 0.3) is 0 Å². The fourth-order valence-corrected chi connectivity index (χ4v) is 4.44. The normalized spacial score (nSPS) is 21.6. The quantitative estimate of drug-likeness (QED) is 0.771. The van der Waals surface area contributed by atoms with Crippen molar-refractivity contribution in [2.45, 2.75) is 49.0 Å². The number of rotatable bonds is 6. The molecule has 2 N–H and O–H groups in total. The van der Waals surface area contributed by atoms with Crippen molar-refractivity contribution in [3.05, 3.63) is 29.8 Å². The molecule has 0 unspecified atom stereocenters. The first-order chi connectivity index (χ1) is 12.5. The van der Waals surface area contributed by atoms with Gasteiger partial charge in [0, 0.05) is 6.54 Å². The number of carbonyl (C=O) groups is 1. The highest BCUT2D eigenvalue weighted by atomic mass is 32.2. The maximum atomic E-state index is 13.8. The number of sulfone groups is 1. The Morgan fingerprint density at radius 2 is 2.04 bits per heavy atom. The summed E-state index contributed by atoms with van der Waals surface area (Å²) in [5.41, 5.74) is 6.53. The van der Waals surface area contributed by atoms with Crippen molar-refractivity contribution in [1.29, 1.82) is 5.26 Å². The van der Waals surface area contributed by atoms with Gasteiger partial charge in [-0.3, -0.25) is 4.79 Å². The summed E-state index contributed by atoms with van der Waals surface area (Å²) in [6.07, 6.45) is -1.42. The summed E-state index contributed by atoms with van der Waals surface area (Å²) in [5, 5.41) is 9.08. The number of halogens is 1. The fourth-order valence-electron chi connectivity index (χ4n) is 2.95. The van der Waals surface area contributed by atoms with Crippen molar-refractivity contribution >= 4 is 15.7 Å². The van der Waals surface area contributed by atoms with E-state index in [4.69, 9.17) is 15.7 Å². The lowest BCUT2D eigenvalue weighted by molar-refractivity contribution is -0.133. The molecule has 0 radical (unpaired) electrons. The molecule has 2 rings (SSSR count). The summed E-state index contributed by atoms with van der Waals surface area (Å²) in [4.78, 5) is 13.7. The number of hydrogen-bond acceptors (Lipinski definition) is 6. The van der Waals surface area contributed by atoms with Gasteiger partial charge in [-0.2, -0.15) is 5.26 Å². The van der Waals surface area contributed by atoms with Crippen LogP contribution in [-0.2, 0) is 20.4 Å². The van der Waals surface area contributed by atoms with Crippen molar-refractivity contribution in [1.82, 2.24) is 4.90 Å². The van der Waals surface area contributed by atoms with Crippen LogP contribution in [0.5, 0.6) is 5.75 Å². The van der Waals surface area contributed by atoms with Crippen LogP contribution in [0.3, 0.4) is 0 Å².